The third-order valence-electron chi connectivity index (χ3n) is 4.83. The standard InChI is InChI=1S/C20H32N2O2/c1-5-16-6-8-18(9-7-16)22-12-10-17(11-13-22)21-19(14-15(2)3)20(23)24-4/h6-9,15,17,19,21H,5,10-14H2,1-4H3. The fourth-order valence-corrected chi connectivity index (χ4v) is 3.38. The van der Waals surface area contributed by atoms with Crippen LogP contribution in [0.5, 0.6) is 0 Å². The summed E-state index contributed by atoms with van der Waals surface area (Å²) in [5.74, 6) is 0.333. The van der Waals surface area contributed by atoms with E-state index in [9.17, 15) is 4.79 Å². The second kappa shape index (κ2) is 9.07. The van der Waals surface area contributed by atoms with E-state index in [1.807, 2.05) is 0 Å². The van der Waals surface area contributed by atoms with E-state index >= 15 is 0 Å². The first-order valence-electron chi connectivity index (χ1n) is 9.21. The molecule has 1 N–H and O–H groups in total. The molecular formula is C20H32N2O2. The quantitative estimate of drug-likeness (QED) is 0.777. The first kappa shape index (κ1) is 18.8. The topological polar surface area (TPSA) is 41.6 Å². The van der Waals surface area contributed by atoms with E-state index in [1.54, 1.807) is 0 Å². The number of aryl methyl sites for hydroxylation is 1. The van der Waals surface area contributed by atoms with E-state index in [0.717, 1.165) is 38.8 Å². The number of esters is 1. The summed E-state index contributed by atoms with van der Waals surface area (Å²) in [6.07, 6.45) is 4.02. The molecule has 24 heavy (non-hydrogen) atoms. The fraction of sp³-hybridized carbons (Fsp3) is 0.650. The van der Waals surface area contributed by atoms with Crippen LogP contribution in [0.25, 0.3) is 0 Å². The Labute approximate surface area is 146 Å². The Morgan fingerprint density at radius 1 is 1.25 bits per heavy atom. The van der Waals surface area contributed by atoms with Crippen LogP contribution in [0.15, 0.2) is 24.3 Å². The van der Waals surface area contributed by atoms with Crippen molar-refractivity contribution in [1.29, 1.82) is 0 Å². The number of rotatable bonds is 7. The summed E-state index contributed by atoms with van der Waals surface area (Å²) >= 11 is 0. The number of anilines is 1. The van der Waals surface area contributed by atoms with Crippen LogP contribution in [0.2, 0.25) is 0 Å². The molecule has 4 heteroatoms. The molecule has 0 radical (unpaired) electrons. The second-order valence-corrected chi connectivity index (χ2v) is 7.15. The first-order valence-corrected chi connectivity index (χ1v) is 9.21. The highest BCUT2D eigenvalue weighted by molar-refractivity contribution is 5.75. The smallest absolute Gasteiger partial charge is 0.322 e. The van der Waals surface area contributed by atoms with Crippen molar-refractivity contribution in [3.05, 3.63) is 29.8 Å². The Hall–Kier alpha value is -1.55. The van der Waals surface area contributed by atoms with Gasteiger partial charge in [0.15, 0.2) is 0 Å². The third kappa shape index (κ3) is 5.23. The minimum absolute atomic E-state index is 0.138. The van der Waals surface area contributed by atoms with Gasteiger partial charge in [0, 0.05) is 24.8 Å². The van der Waals surface area contributed by atoms with Crippen LogP contribution in [0, 0.1) is 5.92 Å². The normalized spacial score (nSPS) is 17.1. The van der Waals surface area contributed by atoms with E-state index < -0.39 is 0 Å². The molecule has 2 rings (SSSR count). The average Bonchev–Trinajstić information content (AvgIpc) is 2.61. The Bertz CT molecular complexity index is 505. The number of nitrogens with zero attached hydrogens (tertiary/aromatic N) is 1. The highest BCUT2D eigenvalue weighted by atomic mass is 16.5. The van der Waals surface area contributed by atoms with Gasteiger partial charge in [-0.15, -0.1) is 0 Å². The maximum absolute atomic E-state index is 12.0. The van der Waals surface area contributed by atoms with E-state index in [2.05, 4.69) is 55.3 Å². The second-order valence-electron chi connectivity index (χ2n) is 7.15. The van der Waals surface area contributed by atoms with Gasteiger partial charge in [-0.3, -0.25) is 4.79 Å². The van der Waals surface area contributed by atoms with Gasteiger partial charge in [-0.2, -0.15) is 0 Å². The van der Waals surface area contributed by atoms with Crippen LogP contribution in [0.1, 0.15) is 45.6 Å². The van der Waals surface area contributed by atoms with E-state index in [-0.39, 0.29) is 12.0 Å². The SMILES string of the molecule is CCc1ccc(N2CCC(NC(CC(C)C)C(=O)OC)CC2)cc1. The Morgan fingerprint density at radius 2 is 1.88 bits per heavy atom. The molecule has 1 aromatic rings. The van der Waals surface area contributed by atoms with Crippen LogP contribution in [0.4, 0.5) is 5.69 Å². The molecule has 1 aliphatic heterocycles. The van der Waals surface area contributed by atoms with Crippen LogP contribution in [-0.4, -0.2) is 38.3 Å². The van der Waals surface area contributed by atoms with Gasteiger partial charge in [-0.25, -0.2) is 0 Å². The van der Waals surface area contributed by atoms with E-state index in [0.29, 0.717) is 12.0 Å². The number of benzene rings is 1. The van der Waals surface area contributed by atoms with Crippen molar-refractivity contribution >= 4 is 11.7 Å². The first-order chi connectivity index (χ1) is 11.5. The number of ether oxygens (including phenoxy) is 1. The van der Waals surface area contributed by atoms with Crippen LogP contribution in [0.3, 0.4) is 0 Å². The summed E-state index contributed by atoms with van der Waals surface area (Å²) in [5, 5.41) is 3.53. The van der Waals surface area contributed by atoms with Gasteiger partial charge in [0.05, 0.1) is 7.11 Å². The van der Waals surface area contributed by atoms with Crippen LogP contribution < -0.4 is 10.2 Å². The molecule has 1 fully saturated rings. The van der Waals surface area contributed by atoms with Gasteiger partial charge < -0.3 is 15.0 Å². The summed E-state index contributed by atoms with van der Waals surface area (Å²) in [7, 11) is 1.47. The lowest BCUT2D eigenvalue weighted by atomic mass is 9.99. The van der Waals surface area contributed by atoms with Gasteiger partial charge in [-0.05, 0) is 49.3 Å². The molecule has 0 aliphatic carbocycles. The molecule has 0 bridgehead atoms. The molecule has 1 unspecified atom stereocenters. The number of carbonyl (C=O) groups is 1. The number of methoxy groups -OCH3 is 1. The lowest BCUT2D eigenvalue weighted by molar-refractivity contribution is -0.143. The maximum Gasteiger partial charge on any atom is 0.322 e. The number of hydrogen-bond acceptors (Lipinski definition) is 4. The zero-order chi connectivity index (χ0) is 17.5. The lowest BCUT2D eigenvalue weighted by Gasteiger charge is -2.35. The lowest BCUT2D eigenvalue weighted by Crippen LogP contribution is -2.49. The largest absolute Gasteiger partial charge is 0.468 e. The molecule has 0 aromatic heterocycles. The monoisotopic (exact) mass is 332 g/mol. The highest BCUT2D eigenvalue weighted by Crippen LogP contribution is 2.21. The Morgan fingerprint density at radius 3 is 2.38 bits per heavy atom. The summed E-state index contributed by atoms with van der Waals surface area (Å²) in [5.41, 5.74) is 2.68. The fourth-order valence-electron chi connectivity index (χ4n) is 3.38. The number of hydrogen-bond donors (Lipinski definition) is 1. The predicted octanol–water partition coefficient (Wildman–Crippen LogP) is 3.40. The van der Waals surface area contributed by atoms with Gasteiger partial charge in [0.25, 0.3) is 0 Å². The molecular weight excluding hydrogens is 300 g/mol. The number of carbonyl (C=O) groups excluding carboxylic acids is 1. The van der Waals surface area contributed by atoms with Crippen LogP contribution in [-0.2, 0) is 16.0 Å². The molecule has 0 amide bonds. The molecule has 4 nitrogen and oxygen atoms in total. The summed E-state index contributed by atoms with van der Waals surface area (Å²) in [4.78, 5) is 14.4. The van der Waals surface area contributed by atoms with Crippen LogP contribution >= 0.6 is 0 Å². The number of piperidine rings is 1. The van der Waals surface area contributed by atoms with Gasteiger partial charge >= 0.3 is 5.97 Å². The van der Waals surface area contributed by atoms with Crippen molar-refractivity contribution in [3.8, 4) is 0 Å². The van der Waals surface area contributed by atoms with E-state index in [1.165, 1.54) is 18.4 Å². The molecule has 134 valence electrons. The van der Waals surface area contributed by atoms with Crippen molar-refractivity contribution in [2.45, 2.75) is 58.5 Å². The van der Waals surface area contributed by atoms with Crippen molar-refractivity contribution in [1.82, 2.24) is 5.32 Å². The minimum Gasteiger partial charge on any atom is -0.468 e. The minimum atomic E-state index is -0.185. The molecule has 1 saturated heterocycles. The Balaban J connectivity index is 1.87. The summed E-state index contributed by atoms with van der Waals surface area (Å²) in [6, 6.07) is 9.09. The third-order valence-corrected chi connectivity index (χ3v) is 4.83. The Kier molecular flexibility index (Phi) is 7.10. The maximum atomic E-state index is 12.0. The van der Waals surface area contributed by atoms with Crippen molar-refractivity contribution in [2.75, 3.05) is 25.1 Å². The summed E-state index contributed by atoms with van der Waals surface area (Å²) in [6.45, 7) is 8.51. The van der Waals surface area contributed by atoms with Crippen molar-refractivity contribution in [3.63, 3.8) is 0 Å². The molecule has 1 heterocycles. The van der Waals surface area contributed by atoms with Gasteiger partial charge in [-0.1, -0.05) is 32.9 Å². The van der Waals surface area contributed by atoms with Gasteiger partial charge in [0.2, 0.25) is 0 Å². The predicted molar refractivity (Wildman–Crippen MR) is 99.4 cm³/mol. The molecule has 0 spiro atoms. The highest BCUT2D eigenvalue weighted by Gasteiger charge is 2.26. The average molecular weight is 332 g/mol. The zero-order valence-corrected chi connectivity index (χ0v) is 15.5. The van der Waals surface area contributed by atoms with E-state index in [4.69, 9.17) is 4.74 Å². The zero-order valence-electron chi connectivity index (χ0n) is 15.5. The molecule has 0 saturated carbocycles. The molecule has 1 atom stereocenters. The summed E-state index contributed by atoms with van der Waals surface area (Å²) < 4.78 is 4.96. The number of nitrogens with one attached hydrogen (secondary N) is 1. The molecule has 1 aliphatic rings. The van der Waals surface area contributed by atoms with Crippen molar-refractivity contribution < 1.29 is 9.53 Å². The van der Waals surface area contributed by atoms with Crippen molar-refractivity contribution in [2.24, 2.45) is 5.92 Å². The molecule has 1 aromatic carbocycles. The van der Waals surface area contributed by atoms with Gasteiger partial charge in [0.1, 0.15) is 6.04 Å².